The molecule has 0 fully saturated rings. The topological polar surface area (TPSA) is 12.0 Å². The second kappa shape index (κ2) is 9.39. The molecule has 2 unspecified atom stereocenters. The summed E-state index contributed by atoms with van der Waals surface area (Å²) >= 11 is 5.94. The van der Waals surface area contributed by atoms with E-state index in [9.17, 15) is 0 Å². The van der Waals surface area contributed by atoms with Crippen LogP contribution in [0.25, 0.3) is 0 Å². The van der Waals surface area contributed by atoms with Gasteiger partial charge in [0.05, 0.1) is 0 Å². The van der Waals surface area contributed by atoms with Crippen LogP contribution in [0.15, 0.2) is 24.3 Å². The molecule has 0 aliphatic carbocycles. The van der Waals surface area contributed by atoms with E-state index in [-0.39, 0.29) is 0 Å². The fraction of sp³-hybridized carbons (Fsp3) is 0.647. The smallest absolute Gasteiger partial charge is 0.0406 e. The van der Waals surface area contributed by atoms with Gasteiger partial charge in [-0.15, -0.1) is 0 Å². The molecule has 0 amide bonds. The van der Waals surface area contributed by atoms with E-state index < -0.39 is 0 Å². The molecule has 0 saturated carbocycles. The van der Waals surface area contributed by atoms with Crippen LogP contribution in [0.3, 0.4) is 0 Å². The monoisotopic (exact) mass is 281 g/mol. The van der Waals surface area contributed by atoms with Crippen molar-refractivity contribution >= 4 is 11.6 Å². The molecule has 0 saturated heterocycles. The zero-order chi connectivity index (χ0) is 14.1. The van der Waals surface area contributed by atoms with E-state index in [2.05, 4.69) is 38.2 Å². The average Bonchev–Trinajstić information content (AvgIpc) is 2.42. The summed E-state index contributed by atoms with van der Waals surface area (Å²) in [7, 11) is 0. The minimum atomic E-state index is 0.443. The molecule has 1 aromatic carbocycles. The normalized spacial score (nSPS) is 14.3. The SMILES string of the molecule is CCCCCCC(C)NC(CC)c1ccc(Cl)cc1. The predicted molar refractivity (Wildman–Crippen MR) is 85.8 cm³/mol. The Balaban J connectivity index is 2.41. The average molecular weight is 282 g/mol. The van der Waals surface area contributed by atoms with Crippen molar-refractivity contribution in [3.05, 3.63) is 34.9 Å². The summed E-state index contributed by atoms with van der Waals surface area (Å²) in [5.74, 6) is 0. The molecule has 2 heteroatoms. The van der Waals surface area contributed by atoms with E-state index in [1.165, 1.54) is 37.7 Å². The van der Waals surface area contributed by atoms with Crippen molar-refractivity contribution in [2.24, 2.45) is 0 Å². The number of halogens is 1. The number of benzene rings is 1. The summed E-state index contributed by atoms with van der Waals surface area (Å²) in [5.41, 5.74) is 1.34. The Hall–Kier alpha value is -0.530. The van der Waals surface area contributed by atoms with Crippen LogP contribution in [0.4, 0.5) is 0 Å². The zero-order valence-corrected chi connectivity index (χ0v) is 13.3. The van der Waals surface area contributed by atoms with Gasteiger partial charge >= 0.3 is 0 Å². The van der Waals surface area contributed by atoms with Gasteiger partial charge in [-0.25, -0.2) is 0 Å². The third-order valence-corrected chi connectivity index (χ3v) is 3.91. The van der Waals surface area contributed by atoms with Gasteiger partial charge in [-0.2, -0.15) is 0 Å². The van der Waals surface area contributed by atoms with Crippen LogP contribution < -0.4 is 5.32 Å². The minimum Gasteiger partial charge on any atom is -0.307 e. The van der Waals surface area contributed by atoms with Gasteiger partial charge in [0.25, 0.3) is 0 Å². The minimum absolute atomic E-state index is 0.443. The first-order valence-electron chi connectivity index (χ1n) is 7.68. The third-order valence-electron chi connectivity index (χ3n) is 3.66. The van der Waals surface area contributed by atoms with Gasteiger partial charge in [0.1, 0.15) is 0 Å². The van der Waals surface area contributed by atoms with Crippen molar-refractivity contribution in [3.8, 4) is 0 Å². The van der Waals surface area contributed by atoms with Crippen molar-refractivity contribution in [1.29, 1.82) is 0 Å². The molecule has 2 atom stereocenters. The lowest BCUT2D eigenvalue weighted by atomic mass is 10.0. The van der Waals surface area contributed by atoms with Crippen LogP contribution in [0.5, 0.6) is 0 Å². The summed E-state index contributed by atoms with van der Waals surface area (Å²) in [6.45, 7) is 6.79. The highest BCUT2D eigenvalue weighted by atomic mass is 35.5. The van der Waals surface area contributed by atoms with Crippen LogP contribution in [-0.4, -0.2) is 6.04 Å². The Kier molecular flexibility index (Phi) is 8.16. The van der Waals surface area contributed by atoms with Gasteiger partial charge in [-0.3, -0.25) is 0 Å². The quantitative estimate of drug-likeness (QED) is 0.569. The first kappa shape index (κ1) is 16.5. The zero-order valence-electron chi connectivity index (χ0n) is 12.6. The molecule has 1 N–H and O–H groups in total. The summed E-state index contributed by atoms with van der Waals surface area (Å²) in [5, 5.41) is 4.55. The molecule has 0 radical (unpaired) electrons. The first-order chi connectivity index (χ1) is 9.17. The Morgan fingerprint density at radius 1 is 1.05 bits per heavy atom. The predicted octanol–water partition coefficient (Wildman–Crippen LogP) is 5.74. The molecule has 19 heavy (non-hydrogen) atoms. The Labute approximate surface area is 123 Å². The molecule has 1 rings (SSSR count). The van der Waals surface area contributed by atoms with Crippen LogP contribution in [0.1, 0.15) is 70.9 Å². The summed E-state index contributed by atoms with van der Waals surface area (Å²) in [6.07, 6.45) is 7.75. The number of hydrogen-bond donors (Lipinski definition) is 1. The number of unbranched alkanes of at least 4 members (excludes halogenated alkanes) is 3. The van der Waals surface area contributed by atoms with E-state index in [0.29, 0.717) is 12.1 Å². The van der Waals surface area contributed by atoms with E-state index in [1.54, 1.807) is 0 Å². The molecule has 0 aliphatic rings. The highest BCUT2D eigenvalue weighted by Crippen LogP contribution is 2.20. The number of nitrogens with one attached hydrogen (secondary N) is 1. The Bertz CT molecular complexity index is 334. The molecule has 1 nitrogen and oxygen atoms in total. The molecular formula is C17H28ClN. The number of rotatable bonds is 9. The van der Waals surface area contributed by atoms with Crippen LogP contribution in [0, 0.1) is 0 Å². The Morgan fingerprint density at radius 3 is 2.32 bits per heavy atom. The molecule has 0 spiro atoms. The molecule has 0 aliphatic heterocycles. The van der Waals surface area contributed by atoms with Gasteiger partial charge in [0.2, 0.25) is 0 Å². The molecule has 108 valence electrons. The highest BCUT2D eigenvalue weighted by molar-refractivity contribution is 6.30. The van der Waals surface area contributed by atoms with Crippen molar-refractivity contribution in [2.75, 3.05) is 0 Å². The van der Waals surface area contributed by atoms with Gasteiger partial charge in [-0.1, -0.05) is 63.3 Å². The first-order valence-corrected chi connectivity index (χ1v) is 8.06. The van der Waals surface area contributed by atoms with Gasteiger partial charge in [0.15, 0.2) is 0 Å². The van der Waals surface area contributed by atoms with Gasteiger partial charge in [0, 0.05) is 17.1 Å². The lowest BCUT2D eigenvalue weighted by Crippen LogP contribution is -2.30. The molecule has 0 heterocycles. The lowest BCUT2D eigenvalue weighted by molar-refractivity contribution is 0.414. The highest BCUT2D eigenvalue weighted by Gasteiger charge is 2.12. The largest absolute Gasteiger partial charge is 0.307 e. The molecule has 0 aromatic heterocycles. The molecular weight excluding hydrogens is 254 g/mol. The maximum Gasteiger partial charge on any atom is 0.0406 e. The van der Waals surface area contributed by atoms with Crippen LogP contribution >= 0.6 is 11.6 Å². The van der Waals surface area contributed by atoms with E-state index in [1.807, 2.05) is 12.1 Å². The summed E-state index contributed by atoms with van der Waals surface area (Å²) in [6, 6.07) is 9.25. The maximum absolute atomic E-state index is 5.94. The number of hydrogen-bond acceptors (Lipinski definition) is 1. The summed E-state index contributed by atoms with van der Waals surface area (Å²) in [4.78, 5) is 0. The summed E-state index contributed by atoms with van der Waals surface area (Å²) < 4.78 is 0. The second-order valence-electron chi connectivity index (χ2n) is 5.43. The molecule has 1 aromatic rings. The van der Waals surface area contributed by atoms with E-state index in [4.69, 9.17) is 11.6 Å². The Morgan fingerprint density at radius 2 is 1.74 bits per heavy atom. The standard InChI is InChI=1S/C17H28ClN/c1-4-6-7-8-9-14(3)19-17(5-2)15-10-12-16(18)13-11-15/h10-14,17,19H,4-9H2,1-3H3. The second-order valence-corrected chi connectivity index (χ2v) is 5.87. The van der Waals surface area contributed by atoms with Gasteiger partial charge < -0.3 is 5.32 Å². The van der Waals surface area contributed by atoms with Crippen LogP contribution in [-0.2, 0) is 0 Å². The van der Waals surface area contributed by atoms with Crippen LogP contribution in [0.2, 0.25) is 5.02 Å². The van der Waals surface area contributed by atoms with E-state index in [0.717, 1.165) is 11.4 Å². The van der Waals surface area contributed by atoms with Crippen molar-refractivity contribution in [1.82, 2.24) is 5.32 Å². The van der Waals surface area contributed by atoms with Gasteiger partial charge in [-0.05, 0) is 37.5 Å². The van der Waals surface area contributed by atoms with Crippen molar-refractivity contribution < 1.29 is 0 Å². The van der Waals surface area contributed by atoms with Crippen molar-refractivity contribution in [3.63, 3.8) is 0 Å². The van der Waals surface area contributed by atoms with Crippen molar-refractivity contribution in [2.45, 2.75) is 71.4 Å². The maximum atomic E-state index is 5.94. The third kappa shape index (κ3) is 6.44. The molecule has 0 bridgehead atoms. The van der Waals surface area contributed by atoms with E-state index >= 15 is 0 Å². The fourth-order valence-corrected chi connectivity index (χ4v) is 2.57. The lowest BCUT2D eigenvalue weighted by Gasteiger charge is -2.23. The fourth-order valence-electron chi connectivity index (χ4n) is 2.45.